The third kappa shape index (κ3) is 50.7. The molecule has 0 fully saturated rings. The summed E-state index contributed by atoms with van der Waals surface area (Å²) in [6.07, 6.45) is 0. The van der Waals surface area contributed by atoms with Crippen molar-refractivity contribution in [1.29, 1.82) is 0 Å². The predicted molar refractivity (Wildman–Crippen MR) is 21.2 cm³/mol. The van der Waals surface area contributed by atoms with Crippen molar-refractivity contribution < 1.29 is 25.7 Å². The summed E-state index contributed by atoms with van der Waals surface area (Å²) in [7, 11) is 0. The molecule has 0 unspecified atom stereocenters. The van der Waals surface area contributed by atoms with Crippen molar-refractivity contribution in [3.63, 3.8) is 0 Å². The molecule has 0 radical (unpaired) electrons. The summed E-state index contributed by atoms with van der Waals surface area (Å²) in [5, 5.41) is 0. The fraction of sp³-hybridized carbons (Fsp3) is 0. The van der Waals surface area contributed by atoms with Crippen molar-refractivity contribution in [3.8, 4) is 0 Å². The Morgan fingerprint density at radius 1 is 1.14 bits per heavy atom. The summed E-state index contributed by atoms with van der Waals surface area (Å²) in [5.41, 5.74) is 0. The van der Waals surface area contributed by atoms with Crippen LogP contribution in [0.3, 0.4) is 0 Å². The van der Waals surface area contributed by atoms with Crippen LogP contribution in [0.1, 0.15) is 0 Å². The maximum absolute atomic E-state index is 8.44. The number of halogens is 1. The van der Waals surface area contributed by atoms with Gasteiger partial charge in [-0.25, -0.2) is 0 Å². The topological polar surface area (TPSA) is 63.2 Å². The molecule has 0 atom stereocenters. The maximum Gasteiger partial charge on any atom is 2.00 e. The molecule has 0 saturated heterocycles. The molecule has 0 bridgehead atoms. The van der Waals surface area contributed by atoms with E-state index in [1.54, 1.807) is 0 Å². The monoisotopic (exact) mass is 195 g/mol. The normalized spacial score (nSPS) is 5.00. The SMILES string of the molecule is O=S([O-])[O-].[Ca+2].[Ca+2].[Cl-]. The Hall–Kier alpha value is 2.88. The Morgan fingerprint density at radius 3 is 1.14 bits per heavy atom. The van der Waals surface area contributed by atoms with Gasteiger partial charge in [-0.05, 0) is 0 Å². The third-order valence-corrected chi connectivity index (χ3v) is 0. The van der Waals surface area contributed by atoms with Gasteiger partial charge >= 0.3 is 75.5 Å². The number of hydrogen-bond acceptors (Lipinski definition) is 3. The second-order valence-electron chi connectivity index (χ2n) is 0.204. The van der Waals surface area contributed by atoms with Crippen LogP contribution in [-0.2, 0) is 11.4 Å². The average molecular weight is 196 g/mol. The molecule has 0 heterocycles. The van der Waals surface area contributed by atoms with E-state index in [2.05, 4.69) is 0 Å². The Bertz CT molecular complexity index is 35.9. The molecule has 34 valence electrons. The van der Waals surface area contributed by atoms with Crippen LogP contribution >= 0.6 is 0 Å². The first kappa shape index (κ1) is 22.5. The van der Waals surface area contributed by atoms with E-state index in [-0.39, 0.29) is 87.9 Å². The van der Waals surface area contributed by atoms with Gasteiger partial charge in [-0.2, -0.15) is 0 Å². The molecular formula is Ca2ClO3S+. The van der Waals surface area contributed by atoms with Crippen LogP contribution < -0.4 is 12.4 Å². The van der Waals surface area contributed by atoms with Gasteiger partial charge < -0.3 is 21.5 Å². The molecule has 0 aromatic rings. The van der Waals surface area contributed by atoms with Crippen LogP contribution in [-0.4, -0.2) is 88.8 Å². The van der Waals surface area contributed by atoms with Crippen molar-refractivity contribution in [2.45, 2.75) is 0 Å². The van der Waals surface area contributed by atoms with Gasteiger partial charge in [-0.15, -0.1) is 11.4 Å². The standard InChI is InChI=1S/2Ca.ClH.H2O3S/c;;;1-4(2)3/h;;1H;(H2,1,2,3)/q2*+2;;/p-3. The summed E-state index contributed by atoms with van der Waals surface area (Å²) >= 11 is -3.11. The van der Waals surface area contributed by atoms with Gasteiger partial charge in [-0.3, -0.25) is 4.21 Å². The van der Waals surface area contributed by atoms with Gasteiger partial charge in [0, 0.05) is 0 Å². The summed E-state index contributed by atoms with van der Waals surface area (Å²) in [4.78, 5) is 0. The molecule has 0 amide bonds. The zero-order valence-corrected chi connectivity index (χ0v) is 9.41. The van der Waals surface area contributed by atoms with Crippen LogP contribution in [0.25, 0.3) is 0 Å². The largest absolute Gasteiger partial charge is 2.00 e. The van der Waals surface area contributed by atoms with E-state index in [9.17, 15) is 0 Å². The van der Waals surface area contributed by atoms with Crippen molar-refractivity contribution in [2.24, 2.45) is 0 Å². The van der Waals surface area contributed by atoms with Crippen LogP contribution in [0.5, 0.6) is 0 Å². The van der Waals surface area contributed by atoms with E-state index in [1.807, 2.05) is 0 Å². The Kier molecular flexibility index (Phi) is 51.3. The predicted octanol–water partition coefficient (Wildman–Crippen LogP) is -4.76. The third-order valence-electron chi connectivity index (χ3n) is 0. The first-order chi connectivity index (χ1) is 1.73. The van der Waals surface area contributed by atoms with Gasteiger partial charge in [0.1, 0.15) is 0 Å². The summed E-state index contributed by atoms with van der Waals surface area (Å²) in [6, 6.07) is 0. The van der Waals surface area contributed by atoms with Gasteiger partial charge in [0.25, 0.3) is 0 Å². The molecule has 3 nitrogen and oxygen atoms in total. The maximum atomic E-state index is 8.44. The summed E-state index contributed by atoms with van der Waals surface area (Å²) in [6.45, 7) is 0. The molecule has 0 aromatic heterocycles. The van der Waals surface area contributed by atoms with Crippen molar-refractivity contribution in [1.82, 2.24) is 0 Å². The minimum atomic E-state index is -3.11. The van der Waals surface area contributed by atoms with E-state index in [4.69, 9.17) is 13.3 Å². The van der Waals surface area contributed by atoms with E-state index in [1.165, 1.54) is 0 Å². The summed E-state index contributed by atoms with van der Waals surface area (Å²) in [5.74, 6) is 0. The smallest absolute Gasteiger partial charge is 1.00 e. The van der Waals surface area contributed by atoms with Crippen molar-refractivity contribution in [3.05, 3.63) is 0 Å². The molecule has 0 spiro atoms. The van der Waals surface area contributed by atoms with Crippen LogP contribution in [0.15, 0.2) is 0 Å². The molecule has 0 aromatic carbocycles. The molecular weight excluding hydrogens is 196 g/mol. The van der Waals surface area contributed by atoms with E-state index in [0.717, 1.165) is 0 Å². The van der Waals surface area contributed by atoms with Crippen molar-refractivity contribution in [2.75, 3.05) is 0 Å². The second-order valence-corrected chi connectivity index (χ2v) is 0.612. The number of rotatable bonds is 0. The molecule has 0 aliphatic carbocycles. The van der Waals surface area contributed by atoms with Crippen LogP contribution in [0.4, 0.5) is 0 Å². The summed E-state index contributed by atoms with van der Waals surface area (Å²) < 4.78 is 25.3. The minimum Gasteiger partial charge on any atom is -1.00 e. The van der Waals surface area contributed by atoms with Gasteiger partial charge in [0.05, 0.1) is 0 Å². The molecule has 7 heteroatoms. The fourth-order valence-electron chi connectivity index (χ4n) is 0. The molecule has 0 saturated carbocycles. The van der Waals surface area contributed by atoms with Crippen molar-refractivity contribution >= 4 is 86.8 Å². The molecule has 0 N–H and O–H groups in total. The Labute approximate surface area is 110 Å². The van der Waals surface area contributed by atoms with Crippen LogP contribution in [0.2, 0.25) is 0 Å². The fourth-order valence-corrected chi connectivity index (χ4v) is 0. The second kappa shape index (κ2) is 15.9. The van der Waals surface area contributed by atoms with E-state index >= 15 is 0 Å². The number of hydrogen-bond donors (Lipinski definition) is 0. The van der Waals surface area contributed by atoms with E-state index in [0.29, 0.717) is 0 Å². The first-order valence-corrected chi connectivity index (χ1v) is 1.50. The molecule has 7 heavy (non-hydrogen) atoms. The Balaban J connectivity index is -0.0000000150. The van der Waals surface area contributed by atoms with Gasteiger partial charge in [0.2, 0.25) is 0 Å². The van der Waals surface area contributed by atoms with Gasteiger partial charge in [-0.1, -0.05) is 0 Å². The van der Waals surface area contributed by atoms with Gasteiger partial charge in [0.15, 0.2) is 0 Å². The molecule has 0 aliphatic heterocycles. The average Bonchev–Trinajstić information content (AvgIpc) is 0.811. The minimum absolute atomic E-state index is 0. The quantitative estimate of drug-likeness (QED) is 0.288. The van der Waals surface area contributed by atoms with Crippen LogP contribution in [0, 0.1) is 0 Å². The molecule has 0 rings (SSSR count). The zero-order valence-electron chi connectivity index (χ0n) is 3.43. The molecule has 0 aliphatic rings. The zero-order chi connectivity index (χ0) is 3.58. The van der Waals surface area contributed by atoms with E-state index < -0.39 is 11.4 Å². The Morgan fingerprint density at radius 2 is 1.14 bits per heavy atom. The first-order valence-electron chi connectivity index (χ1n) is 0.500.